The van der Waals surface area contributed by atoms with Crippen molar-refractivity contribution in [3.05, 3.63) is 0 Å². The summed E-state index contributed by atoms with van der Waals surface area (Å²) >= 11 is 0. The first kappa shape index (κ1) is 13.4. The summed E-state index contributed by atoms with van der Waals surface area (Å²) in [4.78, 5) is 10.4. The van der Waals surface area contributed by atoms with Gasteiger partial charge in [-0.15, -0.1) is 0 Å². The maximum atomic E-state index is 11.6. The minimum Gasteiger partial charge on any atom is -0.480 e. The zero-order valence-electron chi connectivity index (χ0n) is 9.30. The smallest absolute Gasteiger partial charge is 0.320 e. The minimum atomic E-state index is -3.64. The molecular formula is C9H18N2O4S. The number of hydrogen-bond acceptors (Lipinski definition) is 4. The van der Waals surface area contributed by atoms with E-state index in [9.17, 15) is 13.2 Å². The highest BCUT2D eigenvalue weighted by Gasteiger charge is 2.30. The summed E-state index contributed by atoms with van der Waals surface area (Å²) < 4.78 is 24.4. The van der Waals surface area contributed by atoms with Crippen LogP contribution in [-0.4, -0.2) is 48.7 Å². The maximum Gasteiger partial charge on any atom is 0.320 e. The molecule has 3 N–H and O–H groups in total. The Hall–Kier alpha value is -0.660. The van der Waals surface area contributed by atoms with E-state index in [1.54, 1.807) is 0 Å². The monoisotopic (exact) mass is 250 g/mol. The molecule has 1 unspecified atom stereocenters. The fraction of sp³-hybridized carbons (Fsp3) is 0.889. The molecule has 1 saturated heterocycles. The summed E-state index contributed by atoms with van der Waals surface area (Å²) in [6.45, 7) is 2.66. The van der Waals surface area contributed by atoms with Crippen molar-refractivity contribution >= 4 is 16.0 Å². The van der Waals surface area contributed by atoms with Crippen LogP contribution in [-0.2, 0) is 14.8 Å². The van der Waals surface area contributed by atoms with Crippen LogP contribution in [0.25, 0.3) is 0 Å². The quantitative estimate of drug-likeness (QED) is 0.698. The Morgan fingerprint density at radius 2 is 2.00 bits per heavy atom. The Morgan fingerprint density at radius 1 is 1.50 bits per heavy atom. The van der Waals surface area contributed by atoms with Gasteiger partial charge >= 0.3 is 5.97 Å². The summed E-state index contributed by atoms with van der Waals surface area (Å²) in [6, 6.07) is 0.0596. The molecule has 0 aliphatic carbocycles. The molecule has 94 valence electrons. The van der Waals surface area contributed by atoms with Gasteiger partial charge in [0.15, 0.2) is 5.75 Å². The zero-order valence-corrected chi connectivity index (χ0v) is 10.1. The van der Waals surface area contributed by atoms with E-state index in [4.69, 9.17) is 10.8 Å². The third kappa shape index (κ3) is 3.43. The predicted octanol–water partition coefficient (Wildman–Crippen LogP) is -0.540. The molecule has 16 heavy (non-hydrogen) atoms. The number of rotatable bonds is 4. The summed E-state index contributed by atoms with van der Waals surface area (Å²) in [5.74, 6) is -1.80. The normalized spacial score (nSPS) is 21.9. The molecule has 0 spiro atoms. The van der Waals surface area contributed by atoms with Crippen LogP contribution in [0.15, 0.2) is 0 Å². The van der Waals surface area contributed by atoms with Gasteiger partial charge < -0.3 is 10.8 Å². The van der Waals surface area contributed by atoms with E-state index >= 15 is 0 Å². The second-order valence-corrected chi connectivity index (χ2v) is 6.21. The van der Waals surface area contributed by atoms with E-state index in [0.29, 0.717) is 31.8 Å². The molecule has 1 aliphatic rings. The van der Waals surface area contributed by atoms with Crippen LogP contribution in [0.2, 0.25) is 0 Å². The summed E-state index contributed by atoms with van der Waals surface area (Å²) in [6.07, 6.45) is 1.41. The number of carboxylic acids is 1. The topological polar surface area (TPSA) is 101 Å². The number of carboxylic acid groups (broad SMARTS) is 1. The van der Waals surface area contributed by atoms with Crippen molar-refractivity contribution in [3.8, 4) is 0 Å². The van der Waals surface area contributed by atoms with Gasteiger partial charge in [-0.25, -0.2) is 12.7 Å². The average Bonchev–Trinajstić information content (AvgIpc) is 2.16. The van der Waals surface area contributed by atoms with Crippen LogP contribution in [0.3, 0.4) is 0 Å². The number of carbonyl (C=O) groups is 1. The van der Waals surface area contributed by atoms with Crippen LogP contribution in [0, 0.1) is 5.92 Å². The van der Waals surface area contributed by atoms with E-state index in [-0.39, 0.29) is 6.04 Å². The number of sulfonamides is 1. The Bertz CT molecular complexity index is 345. The first-order valence-electron chi connectivity index (χ1n) is 5.28. The fourth-order valence-corrected chi connectivity index (χ4v) is 3.19. The van der Waals surface area contributed by atoms with Crippen molar-refractivity contribution in [2.75, 3.05) is 18.8 Å². The van der Waals surface area contributed by atoms with Crippen molar-refractivity contribution in [1.29, 1.82) is 0 Å². The van der Waals surface area contributed by atoms with Crippen molar-refractivity contribution in [1.82, 2.24) is 4.31 Å². The van der Waals surface area contributed by atoms with Gasteiger partial charge in [-0.05, 0) is 25.7 Å². The molecular weight excluding hydrogens is 232 g/mol. The first-order valence-corrected chi connectivity index (χ1v) is 6.89. The number of nitrogens with zero attached hydrogens (tertiary/aromatic N) is 1. The molecule has 6 nitrogen and oxygen atoms in total. The second kappa shape index (κ2) is 5.11. The largest absolute Gasteiger partial charge is 0.480 e. The van der Waals surface area contributed by atoms with Crippen LogP contribution in [0.4, 0.5) is 0 Å². The van der Waals surface area contributed by atoms with Crippen LogP contribution in [0.1, 0.15) is 19.8 Å². The zero-order chi connectivity index (χ0) is 12.3. The molecule has 1 rings (SSSR count). The molecule has 0 aromatic rings. The van der Waals surface area contributed by atoms with E-state index in [1.807, 2.05) is 6.92 Å². The molecule has 1 atom stereocenters. The van der Waals surface area contributed by atoms with Gasteiger partial charge in [-0.3, -0.25) is 4.79 Å². The van der Waals surface area contributed by atoms with Crippen molar-refractivity contribution in [2.24, 2.45) is 11.7 Å². The average molecular weight is 250 g/mol. The fourth-order valence-electron chi connectivity index (χ4n) is 1.93. The van der Waals surface area contributed by atoms with Gasteiger partial charge in [0.05, 0.1) is 0 Å². The van der Waals surface area contributed by atoms with E-state index < -0.39 is 21.7 Å². The Kier molecular flexibility index (Phi) is 4.28. The van der Waals surface area contributed by atoms with E-state index in [0.717, 1.165) is 0 Å². The van der Waals surface area contributed by atoms with Gasteiger partial charge in [0.1, 0.15) is 0 Å². The van der Waals surface area contributed by atoms with Crippen molar-refractivity contribution < 1.29 is 18.3 Å². The Morgan fingerprint density at radius 3 is 2.38 bits per heavy atom. The lowest BCUT2D eigenvalue weighted by molar-refractivity contribution is -0.134. The van der Waals surface area contributed by atoms with Crippen molar-refractivity contribution in [2.45, 2.75) is 25.8 Å². The summed E-state index contributed by atoms with van der Waals surface area (Å²) in [7, 11) is -3.64. The minimum absolute atomic E-state index is 0.0596. The SMILES string of the molecule is CC(N)C1CCN(S(=O)(=O)CC(=O)O)CC1. The molecule has 0 aromatic carbocycles. The summed E-state index contributed by atoms with van der Waals surface area (Å²) in [5.41, 5.74) is 5.74. The molecule has 7 heteroatoms. The molecule has 0 radical (unpaired) electrons. The Balaban J connectivity index is 2.56. The number of piperidine rings is 1. The highest BCUT2D eigenvalue weighted by atomic mass is 32.2. The molecule has 1 fully saturated rings. The third-order valence-electron chi connectivity index (χ3n) is 2.94. The van der Waals surface area contributed by atoms with Crippen molar-refractivity contribution in [3.63, 3.8) is 0 Å². The van der Waals surface area contributed by atoms with Gasteiger partial charge in [0.25, 0.3) is 0 Å². The molecule has 0 saturated carbocycles. The number of nitrogens with two attached hydrogens (primary N) is 1. The molecule has 0 aromatic heterocycles. The van der Waals surface area contributed by atoms with Gasteiger partial charge in [-0.1, -0.05) is 0 Å². The molecule has 1 heterocycles. The van der Waals surface area contributed by atoms with Crippen LogP contribution < -0.4 is 5.73 Å². The lowest BCUT2D eigenvalue weighted by atomic mass is 9.92. The second-order valence-electron chi connectivity index (χ2n) is 4.25. The highest BCUT2D eigenvalue weighted by molar-refractivity contribution is 7.89. The summed E-state index contributed by atoms with van der Waals surface area (Å²) in [5, 5.41) is 8.49. The van der Waals surface area contributed by atoms with E-state index in [1.165, 1.54) is 4.31 Å². The first-order chi connectivity index (χ1) is 7.33. The Labute approximate surface area is 95.5 Å². The van der Waals surface area contributed by atoms with Crippen LogP contribution in [0.5, 0.6) is 0 Å². The maximum absolute atomic E-state index is 11.6. The van der Waals surface area contributed by atoms with Crippen LogP contribution >= 0.6 is 0 Å². The van der Waals surface area contributed by atoms with Gasteiger partial charge in [0, 0.05) is 19.1 Å². The highest BCUT2D eigenvalue weighted by Crippen LogP contribution is 2.21. The van der Waals surface area contributed by atoms with Gasteiger partial charge in [0.2, 0.25) is 10.0 Å². The number of hydrogen-bond donors (Lipinski definition) is 2. The lowest BCUT2D eigenvalue weighted by Gasteiger charge is -2.32. The third-order valence-corrected chi connectivity index (χ3v) is 4.71. The standard InChI is InChI=1S/C9H18N2O4S/c1-7(10)8-2-4-11(5-3-8)16(14,15)6-9(12)13/h7-8H,2-6,10H2,1H3,(H,12,13). The number of aliphatic carboxylic acids is 1. The molecule has 1 aliphatic heterocycles. The molecule has 0 amide bonds. The lowest BCUT2D eigenvalue weighted by Crippen LogP contribution is -2.44. The van der Waals surface area contributed by atoms with E-state index in [2.05, 4.69) is 0 Å². The molecule has 0 bridgehead atoms. The predicted molar refractivity (Wildman–Crippen MR) is 59.4 cm³/mol. The van der Waals surface area contributed by atoms with Gasteiger partial charge in [-0.2, -0.15) is 0 Å².